The summed E-state index contributed by atoms with van der Waals surface area (Å²) in [6.07, 6.45) is 5.15. The van der Waals surface area contributed by atoms with Gasteiger partial charge in [-0.15, -0.1) is 0 Å². The first-order valence-corrected chi connectivity index (χ1v) is 14.7. The van der Waals surface area contributed by atoms with E-state index < -0.39 is 5.97 Å². The highest BCUT2D eigenvalue weighted by Crippen LogP contribution is 2.33. The molecule has 0 bridgehead atoms. The summed E-state index contributed by atoms with van der Waals surface area (Å²) in [6.45, 7) is 7.46. The van der Waals surface area contributed by atoms with Crippen LogP contribution in [-0.2, 0) is 14.3 Å². The Bertz CT molecular complexity index is 1210. The van der Waals surface area contributed by atoms with Crippen LogP contribution >= 0.6 is 0 Å². The van der Waals surface area contributed by atoms with Crippen LogP contribution in [0.5, 0.6) is 6.01 Å². The zero-order chi connectivity index (χ0) is 28.9. The van der Waals surface area contributed by atoms with Crippen molar-refractivity contribution >= 4 is 17.8 Å². The monoisotopic (exact) mass is 563 g/mol. The topological polar surface area (TPSA) is 114 Å². The number of methoxy groups -OCH3 is 1. The lowest BCUT2D eigenvalue weighted by atomic mass is 10.0. The fraction of sp³-hybridized carbons (Fsp3) is 0.581. The molecule has 1 N–H and O–H groups in total. The molecule has 2 saturated heterocycles. The van der Waals surface area contributed by atoms with Crippen LogP contribution in [0, 0.1) is 31.6 Å². The zero-order valence-corrected chi connectivity index (χ0v) is 24.3. The number of carbonyl (C=O) groups excluding carboxylic acids is 3. The number of aryl methyl sites for hydroxylation is 2. The molecule has 3 heterocycles. The number of likely N-dealkylation sites (tertiary alicyclic amines) is 2. The number of fused-ring (bicyclic) bond motifs is 1. The Labute approximate surface area is 241 Å². The quantitative estimate of drug-likeness (QED) is 0.439. The van der Waals surface area contributed by atoms with E-state index in [1.807, 2.05) is 23.1 Å². The molecule has 3 atom stereocenters. The highest BCUT2D eigenvalue weighted by atomic mass is 16.6. The summed E-state index contributed by atoms with van der Waals surface area (Å²) in [4.78, 5) is 50.8. The van der Waals surface area contributed by atoms with Crippen molar-refractivity contribution in [1.82, 2.24) is 25.1 Å². The van der Waals surface area contributed by atoms with Crippen LogP contribution in [0.25, 0.3) is 0 Å². The Balaban J connectivity index is 1.15. The van der Waals surface area contributed by atoms with E-state index in [-0.39, 0.29) is 36.4 Å². The molecule has 3 aliphatic rings. The van der Waals surface area contributed by atoms with Crippen LogP contribution in [0.1, 0.15) is 65.5 Å². The molecule has 2 unspecified atom stereocenters. The number of benzene rings is 1. The Morgan fingerprint density at radius 3 is 2.22 bits per heavy atom. The van der Waals surface area contributed by atoms with Gasteiger partial charge in [0.15, 0.2) is 6.61 Å². The zero-order valence-electron chi connectivity index (χ0n) is 24.3. The molecule has 2 aromatic rings. The fourth-order valence-corrected chi connectivity index (χ4v) is 6.64. The lowest BCUT2D eigenvalue weighted by molar-refractivity contribution is -0.143. The molecule has 2 amide bonds. The van der Waals surface area contributed by atoms with Crippen LogP contribution in [0.4, 0.5) is 0 Å². The minimum Gasteiger partial charge on any atom is -0.466 e. The SMILES string of the molecule is COC(=O)COc1nc(C)c(C(=O)N2CC3CN(CC[C@H](NC(=O)C4CCCC4)c4ccccc4)CC3C2)c(C)n1. The summed E-state index contributed by atoms with van der Waals surface area (Å²) < 4.78 is 9.90. The first-order chi connectivity index (χ1) is 19.8. The third kappa shape index (κ3) is 6.86. The van der Waals surface area contributed by atoms with Gasteiger partial charge in [0.1, 0.15) is 0 Å². The predicted molar refractivity (Wildman–Crippen MR) is 152 cm³/mol. The third-order valence-corrected chi connectivity index (χ3v) is 8.84. The molecule has 1 aromatic carbocycles. The largest absolute Gasteiger partial charge is 0.466 e. The van der Waals surface area contributed by atoms with Crippen LogP contribution in [0.2, 0.25) is 0 Å². The first kappa shape index (κ1) is 29.0. The molecular weight excluding hydrogens is 522 g/mol. The number of nitrogens with one attached hydrogen (secondary N) is 1. The highest BCUT2D eigenvalue weighted by molar-refractivity contribution is 5.96. The number of hydrogen-bond acceptors (Lipinski definition) is 8. The summed E-state index contributed by atoms with van der Waals surface area (Å²) in [5.41, 5.74) is 2.72. The lowest BCUT2D eigenvalue weighted by Crippen LogP contribution is -2.37. The average Bonchev–Trinajstić information content (AvgIpc) is 3.71. The van der Waals surface area contributed by atoms with Crippen molar-refractivity contribution in [2.45, 2.75) is 52.0 Å². The Morgan fingerprint density at radius 1 is 0.976 bits per heavy atom. The van der Waals surface area contributed by atoms with Crippen LogP contribution in [0.15, 0.2) is 30.3 Å². The van der Waals surface area contributed by atoms with Gasteiger partial charge in [0.25, 0.3) is 5.91 Å². The van der Waals surface area contributed by atoms with Crippen molar-refractivity contribution in [1.29, 1.82) is 0 Å². The van der Waals surface area contributed by atoms with E-state index in [1.165, 1.54) is 7.11 Å². The number of amides is 2. The molecule has 3 fully saturated rings. The van der Waals surface area contributed by atoms with Gasteiger partial charge >= 0.3 is 12.0 Å². The van der Waals surface area contributed by atoms with E-state index >= 15 is 0 Å². The molecule has 2 aliphatic heterocycles. The molecule has 0 spiro atoms. The molecule has 10 heteroatoms. The summed E-state index contributed by atoms with van der Waals surface area (Å²) >= 11 is 0. The molecule has 1 saturated carbocycles. The van der Waals surface area contributed by atoms with Gasteiger partial charge in [-0.25, -0.2) is 4.79 Å². The number of nitrogens with zero attached hydrogens (tertiary/aromatic N) is 4. The number of ether oxygens (including phenoxy) is 2. The summed E-state index contributed by atoms with van der Waals surface area (Å²) in [6, 6.07) is 10.4. The molecule has 1 aliphatic carbocycles. The Morgan fingerprint density at radius 2 is 1.61 bits per heavy atom. The van der Waals surface area contributed by atoms with Gasteiger partial charge in [-0.1, -0.05) is 43.2 Å². The maximum atomic E-state index is 13.5. The average molecular weight is 564 g/mol. The minimum absolute atomic E-state index is 0.00772. The molecular formula is C31H41N5O5. The second-order valence-electron chi connectivity index (χ2n) is 11.6. The van der Waals surface area contributed by atoms with E-state index in [2.05, 4.69) is 37.1 Å². The van der Waals surface area contributed by atoms with Crippen LogP contribution in [-0.4, -0.2) is 84.0 Å². The van der Waals surface area contributed by atoms with Crippen molar-refractivity contribution in [3.8, 4) is 6.01 Å². The van der Waals surface area contributed by atoms with E-state index in [1.54, 1.807) is 13.8 Å². The summed E-state index contributed by atoms with van der Waals surface area (Å²) in [5.74, 6) is 0.613. The first-order valence-electron chi connectivity index (χ1n) is 14.7. The number of carbonyl (C=O) groups is 3. The molecule has 220 valence electrons. The van der Waals surface area contributed by atoms with Gasteiger partial charge in [0.05, 0.1) is 30.1 Å². The molecule has 10 nitrogen and oxygen atoms in total. The standard InChI is InChI=1S/C31H41N5O5/c1-20-28(21(2)33-31(32-20)41-19-27(37)40-3)30(39)36-17-24-15-35(16-25(24)18-36)14-13-26(22-9-5-4-6-10-22)34-29(38)23-11-7-8-12-23/h4-6,9-10,23-26H,7-8,11-19H2,1-3H3,(H,34,38)/t24?,25?,26-/m0/s1. The van der Waals surface area contributed by atoms with Crippen LogP contribution in [0.3, 0.4) is 0 Å². The second kappa shape index (κ2) is 13.0. The number of rotatable bonds is 10. The van der Waals surface area contributed by atoms with E-state index in [0.29, 0.717) is 41.9 Å². The Kier molecular flexibility index (Phi) is 9.17. The maximum absolute atomic E-state index is 13.5. The van der Waals surface area contributed by atoms with Crippen molar-refractivity contribution in [3.05, 3.63) is 52.8 Å². The smallest absolute Gasteiger partial charge is 0.344 e. The minimum atomic E-state index is -0.522. The number of esters is 1. The van der Waals surface area contributed by atoms with Crippen molar-refractivity contribution in [2.75, 3.05) is 46.4 Å². The Hall–Kier alpha value is -3.53. The predicted octanol–water partition coefficient (Wildman–Crippen LogP) is 3.09. The van der Waals surface area contributed by atoms with Crippen LogP contribution < -0.4 is 10.1 Å². The number of aromatic nitrogens is 2. The molecule has 0 radical (unpaired) electrons. The normalized spacial score (nSPS) is 21.5. The van der Waals surface area contributed by atoms with E-state index in [9.17, 15) is 14.4 Å². The fourth-order valence-electron chi connectivity index (χ4n) is 6.64. The van der Waals surface area contributed by atoms with Crippen molar-refractivity contribution in [2.24, 2.45) is 17.8 Å². The van der Waals surface area contributed by atoms with Gasteiger partial charge in [-0.3, -0.25) is 9.59 Å². The van der Waals surface area contributed by atoms with Gasteiger partial charge in [0, 0.05) is 38.6 Å². The van der Waals surface area contributed by atoms with E-state index in [4.69, 9.17) is 4.74 Å². The lowest BCUT2D eigenvalue weighted by Gasteiger charge is -2.26. The second-order valence-corrected chi connectivity index (χ2v) is 11.6. The van der Waals surface area contributed by atoms with Crippen molar-refractivity contribution in [3.63, 3.8) is 0 Å². The van der Waals surface area contributed by atoms with Crippen molar-refractivity contribution < 1.29 is 23.9 Å². The number of hydrogen-bond donors (Lipinski definition) is 1. The van der Waals surface area contributed by atoms with E-state index in [0.717, 1.165) is 57.3 Å². The summed E-state index contributed by atoms with van der Waals surface area (Å²) in [5, 5.41) is 3.36. The van der Waals surface area contributed by atoms with Gasteiger partial charge in [-0.05, 0) is 50.5 Å². The molecule has 5 rings (SSSR count). The molecule has 41 heavy (non-hydrogen) atoms. The molecule has 1 aromatic heterocycles. The van der Waals surface area contributed by atoms with Gasteiger partial charge in [0.2, 0.25) is 5.91 Å². The van der Waals surface area contributed by atoms with Gasteiger partial charge in [-0.2, -0.15) is 9.97 Å². The highest BCUT2D eigenvalue weighted by Gasteiger charge is 2.42. The summed E-state index contributed by atoms with van der Waals surface area (Å²) in [7, 11) is 1.29. The van der Waals surface area contributed by atoms with Gasteiger partial charge < -0.3 is 24.6 Å². The third-order valence-electron chi connectivity index (χ3n) is 8.84. The maximum Gasteiger partial charge on any atom is 0.344 e.